The summed E-state index contributed by atoms with van der Waals surface area (Å²) in [4.78, 5) is 16.9. The van der Waals surface area contributed by atoms with E-state index in [1.807, 2.05) is 48.5 Å². The number of hydrogen-bond acceptors (Lipinski definition) is 5. The molecule has 4 rings (SSSR count). The minimum atomic E-state index is -0.350. The van der Waals surface area contributed by atoms with Gasteiger partial charge >= 0.3 is 0 Å². The number of benzene rings is 2. The first-order valence-electron chi connectivity index (χ1n) is 8.02. The molecule has 7 heteroatoms. The Labute approximate surface area is 149 Å². The Morgan fingerprint density at radius 3 is 2.62 bits per heavy atom. The quantitative estimate of drug-likeness (QED) is 0.588. The zero-order chi connectivity index (χ0) is 17.9. The first-order chi connectivity index (χ1) is 12.7. The zero-order valence-electron chi connectivity index (χ0n) is 13.9. The van der Waals surface area contributed by atoms with Crippen LogP contribution in [0.3, 0.4) is 0 Å². The molecule has 26 heavy (non-hydrogen) atoms. The lowest BCUT2D eigenvalue weighted by Crippen LogP contribution is -2.13. The maximum absolute atomic E-state index is 12.4. The molecule has 0 atom stereocenters. The maximum Gasteiger partial charge on any atom is 0.277 e. The summed E-state index contributed by atoms with van der Waals surface area (Å²) >= 11 is 0. The van der Waals surface area contributed by atoms with E-state index in [1.54, 1.807) is 19.1 Å². The average molecular weight is 345 g/mol. The van der Waals surface area contributed by atoms with Gasteiger partial charge in [-0.1, -0.05) is 47.6 Å². The lowest BCUT2D eigenvalue weighted by atomic mass is 10.1. The fourth-order valence-electron chi connectivity index (χ4n) is 2.56. The normalized spacial score (nSPS) is 10.7. The molecule has 0 saturated carbocycles. The summed E-state index contributed by atoms with van der Waals surface area (Å²) in [7, 11) is 0. The molecule has 0 fully saturated rings. The van der Waals surface area contributed by atoms with E-state index < -0.39 is 0 Å². The van der Waals surface area contributed by atoms with Crippen LogP contribution in [0.4, 0.5) is 5.69 Å². The molecule has 0 spiro atoms. The molecule has 0 aliphatic heterocycles. The van der Waals surface area contributed by atoms with Crippen molar-refractivity contribution in [2.75, 3.05) is 5.32 Å². The van der Waals surface area contributed by atoms with Crippen molar-refractivity contribution < 1.29 is 9.32 Å². The first kappa shape index (κ1) is 15.8. The number of aromatic amines is 1. The van der Waals surface area contributed by atoms with Crippen LogP contribution in [0.2, 0.25) is 0 Å². The minimum Gasteiger partial charge on any atom is -0.361 e. The zero-order valence-corrected chi connectivity index (χ0v) is 13.9. The maximum atomic E-state index is 12.4. The molecule has 128 valence electrons. The molecule has 0 unspecified atom stereocenters. The average Bonchev–Trinajstić information content (AvgIpc) is 3.32. The monoisotopic (exact) mass is 345 g/mol. The molecule has 0 aliphatic rings. The van der Waals surface area contributed by atoms with Crippen LogP contribution < -0.4 is 5.32 Å². The van der Waals surface area contributed by atoms with Crippen molar-refractivity contribution >= 4 is 11.6 Å². The summed E-state index contributed by atoms with van der Waals surface area (Å²) in [6, 6.07) is 18.6. The second-order valence-electron chi connectivity index (χ2n) is 5.70. The van der Waals surface area contributed by atoms with E-state index in [0.717, 1.165) is 11.1 Å². The second kappa shape index (κ2) is 6.64. The summed E-state index contributed by atoms with van der Waals surface area (Å²) < 4.78 is 4.95. The van der Waals surface area contributed by atoms with E-state index in [4.69, 9.17) is 4.52 Å². The molecule has 0 aliphatic carbocycles. The number of nitrogens with one attached hydrogen (secondary N) is 2. The number of aryl methyl sites for hydroxylation is 1. The van der Waals surface area contributed by atoms with Crippen molar-refractivity contribution in [1.82, 2.24) is 20.3 Å². The van der Waals surface area contributed by atoms with Gasteiger partial charge in [0.05, 0.1) is 5.69 Å². The van der Waals surface area contributed by atoms with Gasteiger partial charge in [0.15, 0.2) is 17.3 Å². The van der Waals surface area contributed by atoms with Crippen molar-refractivity contribution in [3.8, 4) is 22.8 Å². The molecule has 4 aromatic rings. The van der Waals surface area contributed by atoms with E-state index in [1.165, 1.54) is 0 Å². The molecule has 0 bridgehead atoms. The van der Waals surface area contributed by atoms with Gasteiger partial charge in [0.25, 0.3) is 5.91 Å². The van der Waals surface area contributed by atoms with Gasteiger partial charge in [-0.15, -0.1) is 0 Å². The molecule has 7 nitrogen and oxygen atoms in total. The van der Waals surface area contributed by atoms with Gasteiger partial charge in [-0.05, 0) is 19.1 Å². The number of H-pyrrole nitrogens is 1. The summed E-state index contributed by atoms with van der Waals surface area (Å²) in [6.07, 6.45) is 0. The number of carbonyl (C=O) groups excluding carboxylic acids is 1. The molecule has 1 amide bonds. The van der Waals surface area contributed by atoms with E-state index in [0.29, 0.717) is 23.1 Å². The number of carbonyl (C=O) groups is 1. The van der Waals surface area contributed by atoms with Crippen LogP contribution in [-0.2, 0) is 0 Å². The van der Waals surface area contributed by atoms with Gasteiger partial charge in [0, 0.05) is 17.2 Å². The largest absolute Gasteiger partial charge is 0.361 e. The van der Waals surface area contributed by atoms with Crippen LogP contribution in [-0.4, -0.2) is 26.2 Å². The van der Waals surface area contributed by atoms with E-state index in [-0.39, 0.29) is 11.6 Å². The van der Waals surface area contributed by atoms with Gasteiger partial charge in [-0.2, -0.15) is 5.10 Å². The van der Waals surface area contributed by atoms with Gasteiger partial charge in [-0.25, -0.2) is 4.98 Å². The highest BCUT2D eigenvalue weighted by molar-refractivity contribution is 6.04. The number of hydrogen-bond donors (Lipinski definition) is 2. The van der Waals surface area contributed by atoms with Crippen LogP contribution in [0.1, 0.15) is 16.2 Å². The smallest absolute Gasteiger partial charge is 0.277 e. The molecular weight excluding hydrogens is 330 g/mol. The molecule has 2 aromatic carbocycles. The van der Waals surface area contributed by atoms with Crippen molar-refractivity contribution in [3.63, 3.8) is 0 Å². The Kier molecular flexibility index (Phi) is 4.03. The summed E-state index contributed by atoms with van der Waals surface area (Å²) in [5, 5.41) is 13.8. The summed E-state index contributed by atoms with van der Waals surface area (Å²) in [5.74, 6) is 1.38. The fourth-order valence-corrected chi connectivity index (χ4v) is 2.56. The Balaban J connectivity index is 1.64. The predicted molar refractivity (Wildman–Crippen MR) is 96.4 cm³/mol. The van der Waals surface area contributed by atoms with Crippen molar-refractivity contribution in [2.45, 2.75) is 6.92 Å². The van der Waals surface area contributed by atoms with Crippen LogP contribution in [0.5, 0.6) is 0 Å². The summed E-state index contributed by atoms with van der Waals surface area (Å²) in [6.45, 7) is 1.73. The van der Waals surface area contributed by atoms with Gasteiger partial charge < -0.3 is 9.84 Å². The molecular formula is C19H15N5O2. The van der Waals surface area contributed by atoms with E-state index in [9.17, 15) is 4.79 Å². The van der Waals surface area contributed by atoms with Crippen LogP contribution in [0.15, 0.2) is 65.2 Å². The Bertz CT molecular complexity index is 1050. The number of aromatic nitrogens is 4. The predicted octanol–water partition coefficient (Wildman–Crippen LogP) is 3.69. The number of para-hydroxylation sites is 1. The highest BCUT2D eigenvalue weighted by Gasteiger charge is 2.16. The molecule has 2 N–H and O–H groups in total. The van der Waals surface area contributed by atoms with Crippen LogP contribution in [0, 0.1) is 6.92 Å². The highest BCUT2D eigenvalue weighted by Crippen LogP contribution is 2.27. The standard InChI is InChI=1S/C19H15N5O2/c1-12-11-16(24-26-12)19(25)20-15-10-6-5-9-14(15)18-21-17(22-23-18)13-7-3-2-4-8-13/h2-11H,1H3,(H,20,25)(H,21,22,23). The van der Waals surface area contributed by atoms with Crippen LogP contribution in [0.25, 0.3) is 22.8 Å². The summed E-state index contributed by atoms with van der Waals surface area (Å²) in [5.41, 5.74) is 2.47. The Morgan fingerprint density at radius 2 is 1.85 bits per heavy atom. The third kappa shape index (κ3) is 3.10. The number of amides is 1. The van der Waals surface area contributed by atoms with E-state index in [2.05, 4.69) is 25.7 Å². The highest BCUT2D eigenvalue weighted by atomic mass is 16.5. The molecule has 0 saturated heterocycles. The third-order valence-electron chi connectivity index (χ3n) is 3.81. The van der Waals surface area contributed by atoms with Gasteiger partial charge in [0.2, 0.25) is 0 Å². The minimum absolute atomic E-state index is 0.222. The van der Waals surface area contributed by atoms with Crippen molar-refractivity contribution in [1.29, 1.82) is 0 Å². The number of anilines is 1. The SMILES string of the molecule is Cc1cc(C(=O)Nc2ccccc2-c2nc(-c3ccccc3)n[nH]2)no1. The van der Waals surface area contributed by atoms with Gasteiger partial charge in [-0.3, -0.25) is 9.89 Å². The number of rotatable bonds is 4. The number of nitrogens with zero attached hydrogens (tertiary/aromatic N) is 3. The lowest BCUT2D eigenvalue weighted by Gasteiger charge is -2.07. The second-order valence-corrected chi connectivity index (χ2v) is 5.70. The van der Waals surface area contributed by atoms with Crippen LogP contribution >= 0.6 is 0 Å². The Hall–Kier alpha value is -3.74. The first-order valence-corrected chi connectivity index (χ1v) is 8.02. The molecule has 0 radical (unpaired) electrons. The topological polar surface area (TPSA) is 96.7 Å². The van der Waals surface area contributed by atoms with Crippen molar-refractivity contribution in [3.05, 3.63) is 72.1 Å². The van der Waals surface area contributed by atoms with E-state index >= 15 is 0 Å². The fraction of sp³-hybridized carbons (Fsp3) is 0.0526. The van der Waals surface area contributed by atoms with Crippen molar-refractivity contribution in [2.24, 2.45) is 0 Å². The van der Waals surface area contributed by atoms with Gasteiger partial charge in [0.1, 0.15) is 5.76 Å². The lowest BCUT2D eigenvalue weighted by molar-refractivity contribution is 0.101. The third-order valence-corrected chi connectivity index (χ3v) is 3.81. The molecule has 2 heterocycles. The Morgan fingerprint density at radius 1 is 1.08 bits per heavy atom. The molecule has 2 aromatic heterocycles.